The van der Waals surface area contributed by atoms with Gasteiger partial charge in [-0.2, -0.15) is 0 Å². The Morgan fingerprint density at radius 3 is 2.24 bits per heavy atom. The predicted octanol–water partition coefficient (Wildman–Crippen LogP) is 5.50. The average Bonchev–Trinajstić information content (AvgIpc) is 3.32. The fourth-order valence-electron chi connectivity index (χ4n) is 5.56. The molecule has 7 heteroatoms. The van der Waals surface area contributed by atoms with E-state index in [0.29, 0.717) is 12.8 Å². The van der Waals surface area contributed by atoms with E-state index >= 15 is 0 Å². The lowest BCUT2D eigenvalue weighted by Gasteiger charge is -2.32. The van der Waals surface area contributed by atoms with Gasteiger partial charge in [0.1, 0.15) is 6.04 Å². The Kier molecular flexibility index (Phi) is 9.61. The highest BCUT2D eigenvalue weighted by Crippen LogP contribution is 2.37. The third-order valence-corrected chi connectivity index (χ3v) is 7.88. The van der Waals surface area contributed by atoms with Gasteiger partial charge in [-0.3, -0.25) is 19.6 Å². The molecule has 1 aliphatic rings. The van der Waals surface area contributed by atoms with E-state index in [0.717, 1.165) is 18.4 Å². The normalized spacial score (nSPS) is 14.3. The Bertz CT molecular complexity index is 1380. The number of hydrogen-bond acceptors (Lipinski definition) is 4. The van der Waals surface area contributed by atoms with Gasteiger partial charge >= 0.3 is 0 Å². The molecule has 3 amide bonds. The minimum atomic E-state index is -0.806. The molecule has 0 saturated carbocycles. The van der Waals surface area contributed by atoms with Crippen molar-refractivity contribution in [1.29, 1.82) is 0 Å². The summed E-state index contributed by atoms with van der Waals surface area (Å²) in [4.78, 5) is 38.9. The molecule has 1 aliphatic carbocycles. The van der Waals surface area contributed by atoms with Gasteiger partial charge < -0.3 is 10.6 Å². The molecule has 3 aromatic rings. The molecule has 0 unspecified atom stereocenters. The highest BCUT2D eigenvalue weighted by molar-refractivity contribution is 5.91. The van der Waals surface area contributed by atoms with Crippen molar-refractivity contribution in [3.8, 4) is 11.1 Å². The van der Waals surface area contributed by atoms with Crippen LogP contribution in [0.25, 0.3) is 11.1 Å². The van der Waals surface area contributed by atoms with Crippen LogP contribution in [0.4, 0.5) is 0 Å². The lowest BCUT2D eigenvalue weighted by molar-refractivity contribution is -0.137. The van der Waals surface area contributed by atoms with Crippen LogP contribution in [0.5, 0.6) is 0 Å². The number of fused-ring (bicyclic) bond motifs is 3. The number of benzene rings is 3. The van der Waals surface area contributed by atoms with Crippen molar-refractivity contribution >= 4 is 17.7 Å². The van der Waals surface area contributed by atoms with Crippen molar-refractivity contribution in [2.24, 2.45) is 11.3 Å². The number of nitrogens with one attached hydrogen (secondary N) is 3. The van der Waals surface area contributed by atoms with E-state index in [1.165, 1.54) is 27.8 Å². The predicted molar refractivity (Wildman–Crippen MR) is 160 cm³/mol. The first-order valence-corrected chi connectivity index (χ1v) is 14.4. The van der Waals surface area contributed by atoms with Crippen molar-refractivity contribution in [2.75, 3.05) is 0 Å². The lowest BCUT2D eigenvalue weighted by Crippen LogP contribution is -2.55. The van der Waals surface area contributed by atoms with E-state index in [2.05, 4.69) is 53.1 Å². The number of rotatable bonds is 11. The molecule has 0 aliphatic heterocycles. The van der Waals surface area contributed by atoms with Crippen molar-refractivity contribution < 1.29 is 19.6 Å². The molecule has 0 saturated heterocycles. The number of hydroxylamine groups is 1. The molecular formula is C34H41N3O4. The Labute approximate surface area is 242 Å². The smallest absolute Gasteiger partial charge is 0.244 e. The number of hydrogen-bond donors (Lipinski definition) is 4. The summed E-state index contributed by atoms with van der Waals surface area (Å²) in [6, 6.07) is 23.6. The van der Waals surface area contributed by atoms with Gasteiger partial charge in [0.25, 0.3) is 0 Å². The summed E-state index contributed by atoms with van der Waals surface area (Å²) < 4.78 is 0. The van der Waals surface area contributed by atoms with Crippen LogP contribution in [-0.4, -0.2) is 29.0 Å². The average molecular weight is 556 g/mol. The summed E-state index contributed by atoms with van der Waals surface area (Å²) in [6.45, 7) is 7.59. The summed E-state index contributed by atoms with van der Waals surface area (Å²) >= 11 is 0. The molecule has 3 aromatic carbocycles. The Hall–Kier alpha value is -3.97. The molecule has 41 heavy (non-hydrogen) atoms. The zero-order chi connectivity index (χ0) is 29.6. The fraction of sp³-hybridized carbons (Fsp3) is 0.382. The van der Waals surface area contributed by atoms with Gasteiger partial charge in [-0.1, -0.05) is 93.6 Å². The maximum atomic E-state index is 13.5. The summed E-state index contributed by atoms with van der Waals surface area (Å²) in [5, 5.41) is 15.1. The van der Waals surface area contributed by atoms with Gasteiger partial charge in [-0.25, -0.2) is 5.48 Å². The van der Waals surface area contributed by atoms with Gasteiger partial charge in [0.05, 0.1) is 6.04 Å². The fourth-order valence-corrected chi connectivity index (χ4v) is 5.56. The summed E-state index contributed by atoms with van der Waals surface area (Å²) in [5.74, 6) is -1.98. The molecular weight excluding hydrogens is 514 g/mol. The molecule has 0 bridgehead atoms. The standard InChI is InChI=1S/C34H41N3O4/c1-22(24-12-6-5-7-13-24)35-33(40)31(34(2,3)4)36-32(39)26(21-30(38)37-41)15-10-11-23-17-18-29-27(19-23)20-25-14-8-9-16-28(25)29/h5-9,12-14,16-19,22,26,31,41H,10-11,15,20-21H2,1-4H3,(H,35,40)(H,36,39)(H,37,38)/t22-,26-,31-/m1/s1. The maximum Gasteiger partial charge on any atom is 0.244 e. The topological polar surface area (TPSA) is 108 Å². The second-order valence-corrected chi connectivity index (χ2v) is 12.1. The van der Waals surface area contributed by atoms with Crippen LogP contribution in [0.2, 0.25) is 0 Å². The lowest BCUT2D eigenvalue weighted by atomic mass is 9.85. The first-order valence-electron chi connectivity index (χ1n) is 14.4. The van der Waals surface area contributed by atoms with Gasteiger partial charge in [-0.15, -0.1) is 0 Å². The van der Waals surface area contributed by atoms with Gasteiger partial charge in [0, 0.05) is 12.3 Å². The molecule has 7 nitrogen and oxygen atoms in total. The van der Waals surface area contributed by atoms with E-state index < -0.39 is 23.3 Å². The van der Waals surface area contributed by atoms with E-state index in [9.17, 15) is 14.4 Å². The van der Waals surface area contributed by atoms with Gasteiger partial charge in [0.15, 0.2) is 0 Å². The van der Waals surface area contributed by atoms with Crippen molar-refractivity contribution in [3.63, 3.8) is 0 Å². The number of carbonyl (C=O) groups excluding carboxylic acids is 3. The zero-order valence-electron chi connectivity index (χ0n) is 24.4. The van der Waals surface area contributed by atoms with Crippen LogP contribution < -0.4 is 16.1 Å². The van der Waals surface area contributed by atoms with Gasteiger partial charge in [-0.05, 0) is 71.4 Å². The van der Waals surface area contributed by atoms with Crippen LogP contribution in [0, 0.1) is 11.3 Å². The third kappa shape index (κ3) is 7.61. The molecule has 0 spiro atoms. The number of amides is 3. The first kappa shape index (κ1) is 30.0. The molecule has 4 N–H and O–H groups in total. The number of aryl methyl sites for hydroxylation is 1. The van der Waals surface area contributed by atoms with Gasteiger partial charge in [0.2, 0.25) is 17.7 Å². The maximum absolute atomic E-state index is 13.5. The number of carbonyl (C=O) groups is 3. The van der Waals surface area contributed by atoms with Crippen LogP contribution in [0.3, 0.4) is 0 Å². The third-order valence-electron chi connectivity index (χ3n) is 7.88. The van der Waals surface area contributed by atoms with E-state index in [-0.39, 0.29) is 24.3 Å². The second-order valence-electron chi connectivity index (χ2n) is 12.1. The van der Waals surface area contributed by atoms with Crippen LogP contribution in [0.15, 0.2) is 72.8 Å². The van der Waals surface area contributed by atoms with Crippen LogP contribution in [-0.2, 0) is 27.2 Å². The minimum absolute atomic E-state index is 0.166. The molecule has 3 atom stereocenters. The van der Waals surface area contributed by atoms with Crippen molar-refractivity contribution in [1.82, 2.24) is 16.1 Å². The zero-order valence-corrected chi connectivity index (χ0v) is 24.4. The summed E-state index contributed by atoms with van der Waals surface area (Å²) in [5.41, 5.74) is 8.43. The van der Waals surface area contributed by atoms with Crippen molar-refractivity contribution in [3.05, 3.63) is 95.1 Å². The quantitative estimate of drug-likeness (QED) is 0.145. The second kappa shape index (κ2) is 13.1. The Balaban J connectivity index is 1.40. The van der Waals surface area contributed by atoms with Crippen LogP contribution in [0.1, 0.15) is 75.3 Å². The highest BCUT2D eigenvalue weighted by Gasteiger charge is 2.35. The monoisotopic (exact) mass is 555 g/mol. The molecule has 0 fully saturated rings. The molecule has 216 valence electrons. The minimum Gasteiger partial charge on any atom is -0.348 e. The molecule has 0 radical (unpaired) electrons. The van der Waals surface area contributed by atoms with E-state index in [1.54, 1.807) is 5.48 Å². The Morgan fingerprint density at radius 1 is 0.854 bits per heavy atom. The first-order chi connectivity index (χ1) is 19.6. The SMILES string of the molecule is C[C@@H](NC(=O)[C@@H](NC(=O)[C@H](CCCc1ccc2c(c1)Cc1ccccc1-2)CC(=O)NO)C(C)(C)C)c1ccccc1. The molecule has 4 rings (SSSR count). The highest BCUT2D eigenvalue weighted by atomic mass is 16.5. The largest absolute Gasteiger partial charge is 0.348 e. The van der Waals surface area contributed by atoms with Crippen molar-refractivity contribution in [2.45, 2.75) is 71.9 Å². The Morgan fingerprint density at radius 2 is 1.54 bits per heavy atom. The van der Waals surface area contributed by atoms with Crippen LogP contribution >= 0.6 is 0 Å². The van der Waals surface area contributed by atoms with E-state index in [4.69, 9.17) is 5.21 Å². The summed E-state index contributed by atoms with van der Waals surface area (Å²) in [6.07, 6.45) is 2.63. The molecule has 0 aromatic heterocycles. The molecule has 0 heterocycles. The summed E-state index contributed by atoms with van der Waals surface area (Å²) in [7, 11) is 0. The van der Waals surface area contributed by atoms with E-state index in [1.807, 2.05) is 58.0 Å².